The molecule has 4 nitrogen and oxygen atoms in total. The first-order valence-electron chi connectivity index (χ1n) is 7.52. The molecule has 0 radical (unpaired) electrons. The largest absolute Gasteiger partial charge is 0.507 e. The number of hydrogen-bond acceptors (Lipinski definition) is 3. The van der Waals surface area contributed by atoms with Crippen molar-refractivity contribution >= 4 is 27.5 Å². The summed E-state index contributed by atoms with van der Waals surface area (Å²) in [5, 5.41) is 12.6. The van der Waals surface area contributed by atoms with E-state index in [1.807, 2.05) is 42.5 Å². The first-order chi connectivity index (χ1) is 11.6. The zero-order chi connectivity index (χ0) is 16.7. The van der Waals surface area contributed by atoms with E-state index in [0.717, 1.165) is 16.2 Å². The molecular formula is C20H13NO3. The van der Waals surface area contributed by atoms with Crippen LogP contribution in [0.4, 0.5) is 0 Å². The third-order valence-corrected chi connectivity index (χ3v) is 4.11. The van der Waals surface area contributed by atoms with Gasteiger partial charge < -0.3 is 10.1 Å². The van der Waals surface area contributed by atoms with Crippen molar-refractivity contribution in [1.82, 2.24) is 4.98 Å². The van der Waals surface area contributed by atoms with E-state index in [0.29, 0.717) is 5.52 Å². The molecular weight excluding hydrogens is 302 g/mol. The van der Waals surface area contributed by atoms with Gasteiger partial charge in [0.15, 0.2) is 0 Å². The Morgan fingerprint density at radius 1 is 0.792 bits per heavy atom. The van der Waals surface area contributed by atoms with Crippen LogP contribution in [0.25, 0.3) is 21.7 Å². The molecule has 3 aromatic carbocycles. The summed E-state index contributed by atoms with van der Waals surface area (Å²) in [5.74, 6) is -0.628. The number of phenols is 1. The van der Waals surface area contributed by atoms with Crippen LogP contribution >= 0.6 is 0 Å². The van der Waals surface area contributed by atoms with Crippen molar-refractivity contribution in [3.8, 4) is 5.75 Å². The van der Waals surface area contributed by atoms with Gasteiger partial charge in [0.1, 0.15) is 5.75 Å². The summed E-state index contributed by atoms with van der Waals surface area (Å²) >= 11 is 0. The van der Waals surface area contributed by atoms with E-state index in [4.69, 9.17) is 0 Å². The number of carbonyl (C=O) groups is 1. The highest BCUT2D eigenvalue weighted by molar-refractivity contribution is 6.13. The fourth-order valence-electron chi connectivity index (χ4n) is 2.87. The smallest absolute Gasteiger partial charge is 0.259 e. The molecule has 0 aliphatic heterocycles. The first kappa shape index (κ1) is 14.2. The maximum Gasteiger partial charge on any atom is 0.259 e. The minimum Gasteiger partial charge on any atom is -0.507 e. The number of ketones is 1. The fraction of sp³-hybridized carbons (Fsp3) is 0. The molecule has 0 saturated heterocycles. The van der Waals surface area contributed by atoms with Crippen molar-refractivity contribution in [1.29, 1.82) is 0 Å². The second-order valence-corrected chi connectivity index (χ2v) is 5.65. The van der Waals surface area contributed by atoms with Crippen molar-refractivity contribution < 1.29 is 9.90 Å². The van der Waals surface area contributed by atoms with E-state index in [9.17, 15) is 14.7 Å². The number of fused-ring (bicyclic) bond motifs is 2. The lowest BCUT2D eigenvalue weighted by Gasteiger charge is -2.07. The van der Waals surface area contributed by atoms with Crippen molar-refractivity contribution in [2.75, 3.05) is 0 Å². The molecule has 4 aromatic rings. The van der Waals surface area contributed by atoms with Crippen LogP contribution in [-0.4, -0.2) is 15.9 Å². The van der Waals surface area contributed by atoms with E-state index in [1.165, 1.54) is 6.07 Å². The summed E-state index contributed by atoms with van der Waals surface area (Å²) in [4.78, 5) is 27.8. The molecule has 0 atom stereocenters. The SMILES string of the molecule is O=C(c1cc2ccccc2cc1O)c1cc2ccccc2[nH]c1=O. The van der Waals surface area contributed by atoms with Gasteiger partial charge in [-0.3, -0.25) is 9.59 Å². The van der Waals surface area contributed by atoms with Crippen molar-refractivity contribution in [3.63, 3.8) is 0 Å². The number of rotatable bonds is 2. The summed E-state index contributed by atoms with van der Waals surface area (Å²) in [6.45, 7) is 0. The third kappa shape index (κ3) is 2.25. The minimum atomic E-state index is -0.495. The van der Waals surface area contributed by atoms with Crippen molar-refractivity contribution in [2.45, 2.75) is 0 Å². The van der Waals surface area contributed by atoms with Crippen molar-refractivity contribution in [2.24, 2.45) is 0 Å². The third-order valence-electron chi connectivity index (χ3n) is 4.11. The highest BCUT2D eigenvalue weighted by Crippen LogP contribution is 2.27. The van der Waals surface area contributed by atoms with Gasteiger partial charge in [-0.1, -0.05) is 42.5 Å². The fourth-order valence-corrected chi connectivity index (χ4v) is 2.87. The molecule has 0 aliphatic rings. The van der Waals surface area contributed by atoms with Gasteiger partial charge in [-0.25, -0.2) is 0 Å². The van der Waals surface area contributed by atoms with Crippen LogP contribution in [0.2, 0.25) is 0 Å². The molecule has 0 spiro atoms. The zero-order valence-corrected chi connectivity index (χ0v) is 12.6. The van der Waals surface area contributed by atoms with Crippen LogP contribution in [0.1, 0.15) is 15.9 Å². The lowest BCUT2D eigenvalue weighted by Crippen LogP contribution is -2.18. The zero-order valence-electron chi connectivity index (χ0n) is 12.6. The van der Waals surface area contributed by atoms with E-state index in [-0.39, 0.29) is 16.9 Å². The number of nitrogens with one attached hydrogen (secondary N) is 1. The monoisotopic (exact) mass is 315 g/mol. The molecule has 1 aromatic heterocycles. The molecule has 1 heterocycles. The Kier molecular flexibility index (Phi) is 3.17. The van der Waals surface area contributed by atoms with Crippen LogP contribution in [-0.2, 0) is 0 Å². The Balaban J connectivity index is 1.91. The van der Waals surface area contributed by atoms with Crippen LogP contribution in [0, 0.1) is 0 Å². The number of carbonyl (C=O) groups excluding carboxylic acids is 1. The lowest BCUT2D eigenvalue weighted by atomic mass is 9.99. The van der Waals surface area contributed by atoms with Gasteiger partial charge >= 0.3 is 0 Å². The summed E-state index contributed by atoms with van der Waals surface area (Å²) < 4.78 is 0. The summed E-state index contributed by atoms with van der Waals surface area (Å²) in [6.07, 6.45) is 0. The second-order valence-electron chi connectivity index (χ2n) is 5.65. The summed E-state index contributed by atoms with van der Waals surface area (Å²) in [7, 11) is 0. The van der Waals surface area contributed by atoms with E-state index in [1.54, 1.807) is 18.2 Å². The van der Waals surface area contributed by atoms with Crippen LogP contribution < -0.4 is 5.56 Å². The van der Waals surface area contributed by atoms with Gasteiger partial charge in [0, 0.05) is 5.52 Å². The standard InChI is InChI=1S/C20H13NO3/c22-18-11-13-6-2-1-5-12(13)9-15(18)19(23)16-10-14-7-3-4-8-17(14)21-20(16)24/h1-11,22H,(H,21,24). The highest BCUT2D eigenvalue weighted by atomic mass is 16.3. The Bertz CT molecular complexity index is 1160. The molecule has 4 heteroatoms. The van der Waals surface area contributed by atoms with Gasteiger partial charge in [0.2, 0.25) is 5.78 Å². The predicted molar refractivity (Wildman–Crippen MR) is 93.6 cm³/mol. The van der Waals surface area contributed by atoms with Gasteiger partial charge in [0.05, 0.1) is 11.1 Å². The molecule has 4 rings (SSSR count). The summed E-state index contributed by atoms with van der Waals surface area (Å²) in [6, 6.07) is 19.4. The molecule has 0 unspecified atom stereocenters. The molecule has 0 bridgehead atoms. The molecule has 2 N–H and O–H groups in total. The van der Waals surface area contributed by atoms with Gasteiger partial charge in [0.25, 0.3) is 5.56 Å². The quantitative estimate of drug-likeness (QED) is 0.555. The molecule has 0 aliphatic carbocycles. The number of aromatic nitrogens is 1. The summed E-state index contributed by atoms with van der Waals surface area (Å²) in [5.41, 5.74) is 0.335. The van der Waals surface area contributed by atoms with E-state index >= 15 is 0 Å². The number of H-pyrrole nitrogens is 1. The maximum atomic E-state index is 12.8. The Morgan fingerprint density at radius 2 is 1.38 bits per heavy atom. The normalized spacial score (nSPS) is 11.0. The Hall–Kier alpha value is -3.40. The molecule has 0 amide bonds. The molecule has 24 heavy (non-hydrogen) atoms. The number of para-hydroxylation sites is 1. The highest BCUT2D eigenvalue weighted by Gasteiger charge is 2.18. The number of hydrogen-bond donors (Lipinski definition) is 2. The molecule has 116 valence electrons. The van der Waals surface area contributed by atoms with Crippen LogP contribution in [0.3, 0.4) is 0 Å². The van der Waals surface area contributed by atoms with E-state index < -0.39 is 11.3 Å². The number of aromatic amines is 1. The second kappa shape index (κ2) is 5.35. The van der Waals surface area contributed by atoms with E-state index in [2.05, 4.69) is 4.98 Å². The number of benzene rings is 3. The number of pyridine rings is 1. The average Bonchev–Trinajstić information content (AvgIpc) is 2.60. The topological polar surface area (TPSA) is 70.2 Å². The van der Waals surface area contributed by atoms with Gasteiger partial charge in [-0.2, -0.15) is 0 Å². The average molecular weight is 315 g/mol. The Morgan fingerprint density at radius 3 is 2.12 bits per heavy atom. The van der Waals surface area contributed by atoms with Crippen LogP contribution in [0.5, 0.6) is 5.75 Å². The maximum absolute atomic E-state index is 12.8. The van der Waals surface area contributed by atoms with Gasteiger partial charge in [-0.05, 0) is 40.4 Å². The lowest BCUT2D eigenvalue weighted by molar-refractivity contribution is 0.103. The molecule has 0 fully saturated rings. The molecule has 0 saturated carbocycles. The number of phenolic OH excluding ortho intramolecular Hbond substituents is 1. The number of aromatic hydroxyl groups is 1. The minimum absolute atomic E-state index is 0.0132. The van der Waals surface area contributed by atoms with Crippen LogP contribution in [0.15, 0.2) is 71.5 Å². The Labute approximate surface area is 137 Å². The first-order valence-corrected chi connectivity index (χ1v) is 7.52. The predicted octanol–water partition coefficient (Wildman–Crippen LogP) is 3.62. The van der Waals surface area contributed by atoms with Gasteiger partial charge in [-0.15, -0.1) is 0 Å². The van der Waals surface area contributed by atoms with Crippen molar-refractivity contribution in [3.05, 3.63) is 88.2 Å².